The average Bonchev–Trinajstić information content (AvgIpc) is 2.45. The molecule has 0 aliphatic carbocycles. The minimum absolute atomic E-state index is 0.0273. The summed E-state index contributed by atoms with van der Waals surface area (Å²) in [5.74, 6) is -0.452. The van der Waals surface area contributed by atoms with Crippen molar-refractivity contribution in [3.8, 4) is 22.8 Å². The van der Waals surface area contributed by atoms with Crippen molar-refractivity contribution in [2.24, 2.45) is 0 Å². The van der Waals surface area contributed by atoms with Crippen LogP contribution in [-0.4, -0.2) is 24.2 Å². The molecule has 1 aromatic heterocycles. The summed E-state index contributed by atoms with van der Waals surface area (Å²) >= 11 is 5.64. The zero-order valence-corrected chi connectivity index (χ0v) is 11.8. The van der Waals surface area contributed by atoms with E-state index in [-0.39, 0.29) is 10.8 Å². The molecule has 0 spiro atoms. The van der Waals surface area contributed by atoms with Crippen LogP contribution in [-0.2, 0) is 6.18 Å². The molecule has 0 radical (unpaired) electrons. The van der Waals surface area contributed by atoms with E-state index in [0.717, 1.165) is 0 Å². The molecule has 0 aliphatic heterocycles. The molecule has 21 heavy (non-hydrogen) atoms. The van der Waals surface area contributed by atoms with Gasteiger partial charge in [-0.15, -0.1) is 0 Å². The van der Waals surface area contributed by atoms with Gasteiger partial charge in [-0.25, -0.2) is 9.97 Å². The Kier molecular flexibility index (Phi) is 4.22. The zero-order chi connectivity index (χ0) is 15.6. The predicted molar refractivity (Wildman–Crippen MR) is 70.6 cm³/mol. The van der Waals surface area contributed by atoms with E-state index in [4.69, 9.17) is 21.1 Å². The van der Waals surface area contributed by atoms with Crippen LogP contribution in [0, 0.1) is 0 Å². The number of nitrogens with zero attached hydrogens (tertiary/aromatic N) is 2. The lowest BCUT2D eigenvalue weighted by molar-refractivity contribution is -0.144. The van der Waals surface area contributed by atoms with Crippen molar-refractivity contribution in [1.82, 2.24) is 9.97 Å². The summed E-state index contributed by atoms with van der Waals surface area (Å²) in [4.78, 5) is 6.68. The van der Waals surface area contributed by atoms with Crippen molar-refractivity contribution in [1.29, 1.82) is 0 Å². The third-order valence-corrected chi connectivity index (χ3v) is 2.79. The molecule has 4 nitrogen and oxygen atoms in total. The number of aromatic nitrogens is 2. The van der Waals surface area contributed by atoms with E-state index in [9.17, 15) is 13.2 Å². The van der Waals surface area contributed by atoms with Gasteiger partial charge in [0.05, 0.1) is 19.9 Å². The Labute approximate surface area is 123 Å². The third kappa shape index (κ3) is 3.55. The van der Waals surface area contributed by atoms with Crippen LogP contribution in [0.5, 0.6) is 11.5 Å². The average molecular weight is 319 g/mol. The van der Waals surface area contributed by atoms with Crippen molar-refractivity contribution >= 4 is 11.6 Å². The van der Waals surface area contributed by atoms with Crippen LogP contribution >= 0.6 is 11.6 Å². The van der Waals surface area contributed by atoms with Gasteiger partial charge in [-0.1, -0.05) is 11.6 Å². The second kappa shape index (κ2) is 5.77. The van der Waals surface area contributed by atoms with Crippen LogP contribution in [0.2, 0.25) is 5.15 Å². The van der Waals surface area contributed by atoms with Gasteiger partial charge in [0.15, 0.2) is 0 Å². The smallest absolute Gasteiger partial charge is 0.451 e. The van der Waals surface area contributed by atoms with Gasteiger partial charge in [-0.05, 0) is 12.1 Å². The monoisotopic (exact) mass is 318 g/mol. The van der Waals surface area contributed by atoms with Gasteiger partial charge < -0.3 is 9.47 Å². The van der Waals surface area contributed by atoms with Crippen LogP contribution < -0.4 is 9.47 Å². The first-order valence-electron chi connectivity index (χ1n) is 5.68. The highest BCUT2D eigenvalue weighted by atomic mass is 35.5. The molecule has 8 heteroatoms. The van der Waals surface area contributed by atoms with E-state index in [0.29, 0.717) is 17.1 Å². The molecule has 0 N–H and O–H groups in total. The van der Waals surface area contributed by atoms with Crippen molar-refractivity contribution in [3.05, 3.63) is 35.2 Å². The van der Waals surface area contributed by atoms with E-state index >= 15 is 0 Å². The summed E-state index contributed by atoms with van der Waals surface area (Å²) in [7, 11) is 2.87. The van der Waals surface area contributed by atoms with E-state index in [1.807, 2.05) is 0 Å². The van der Waals surface area contributed by atoms with Crippen molar-refractivity contribution in [2.75, 3.05) is 14.2 Å². The zero-order valence-electron chi connectivity index (χ0n) is 11.0. The molecule has 0 amide bonds. The minimum atomic E-state index is -4.68. The topological polar surface area (TPSA) is 44.2 Å². The molecular weight excluding hydrogens is 309 g/mol. The first-order chi connectivity index (χ1) is 9.83. The maximum Gasteiger partial charge on any atom is 0.451 e. The normalized spacial score (nSPS) is 11.3. The first-order valence-corrected chi connectivity index (χ1v) is 6.06. The summed E-state index contributed by atoms with van der Waals surface area (Å²) in [6.45, 7) is 0. The summed E-state index contributed by atoms with van der Waals surface area (Å²) in [6, 6.07) is 5.89. The number of hydrogen-bond acceptors (Lipinski definition) is 4. The minimum Gasteiger partial charge on any atom is -0.497 e. The van der Waals surface area contributed by atoms with E-state index in [1.165, 1.54) is 32.4 Å². The van der Waals surface area contributed by atoms with Gasteiger partial charge in [-0.2, -0.15) is 13.2 Å². The van der Waals surface area contributed by atoms with Crippen molar-refractivity contribution < 1.29 is 22.6 Å². The molecule has 0 unspecified atom stereocenters. The van der Waals surface area contributed by atoms with E-state index in [1.54, 1.807) is 6.07 Å². The Hall–Kier alpha value is -2.02. The van der Waals surface area contributed by atoms with Gasteiger partial charge in [0.25, 0.3) is 0 Å². The Bertz CT molecular complexity index is 640. The van der Waals surface area contributed by atoms with Gasteiger partial charge in [-0.3, -0.25) is 0 Å². The maximum atomic E-state index is 12.7. The molecular formula is C13H10ClF3N2O2. The second-order valence-corrected chi connectivity index (χ2v) is 4.39. The number of halogens is 4. The summed E-state index contributed by atoms with van der Waals surface area (Å²) < 4.78 is 48.3. The lowest BCUT2D eigenvalue weighted by Gasteiger charge is -2.10. The highest BCUT2D eigenvalue weighted by Crippen LogP contribution is 2.32. The SMILES string of the molecule is COc1cc(OC)cc(-c2cc(Cl)nc(C(F)(F)F)n2)c1. The summed E-state index contributed by atoms with van der Waals surface area (Å²) in [6.07, 6.45) is -4.68. The first kappa shape index (κ1) is 15.4. The standard InChI is InChI=1S/C13H10ClF3N2O2/c1-20-8-3-7(4-9(5-8)21-2)10-6-11(14)19-12(18-10)13(15,16)17/h3-6H,1-2H3. The number of alkyl halides is 3. The van der Waals surface area contributed by atoms with Crippen LogP contribution in [0.3, 0.4) is 0 Å². The lowest BCUT2D eigenvalue weighted by atomic mass is 10.1. The molecule has 2 rings (SSSR count). The molecule has 2 aromatic rings. The Morgan fingerprint density at radius 1 is 0.952 bits per heavy atom. The number of ether oxygens (including phenoxy) is 2. The summed E-state index contributed by atoms with van der Waals surface area (Å²) in [5.41, 5.74) is 0.403. The molecule has 1 aromatic carbocycles. The second-order valence-electron chi connectivity index (χ2n) is 4.00. The quantitative estimate of drug-likeness (QED) is 0.807. The van der Waals surface area contributed by atoms with Crippen LogP contribution in [0.1, 0.15) is 5.82 Å². The van der Waals surface area contributed by atoms with Crippen LogP contribution in [0.15, 0.2) is 24.3 Å². The molecule has 0 fully saturated rings. The van der Waals surface area contributed by atoms with Gasteiger partial charge in [0, 0.05) is 17.7 Å². The predicted octanol–water partition coefficient (Wildman–Crippen LogP) is 3.83. The molecule has 0 bridgehead atoms. The Morgan fingerprint density at radius 2 is 1.52 bits per heavy atom. The molecule has 112 valence electrons. The lowest BCUT2D eigenvalue weighted by Crippen LogP contribution is -2.11. The highest BCUT2D eigenvalue weighted by Gasteiger charge is 2.35. The largest absolute Gasteiger partial charge is 0.497 e. The van der Waals surface area contributed by atoms with Crippen molar-refractivity contribution in [2.45, 2.75) is 6.18 Å². The Balaban J connectivity index is 2.58. The molecule has 0 atom stereocenters. The fraction of sp³-hybridized carbons (Fsp3) is 0.231. The fourth-order valence-electron chi connectivity index (χ4n) is 1.65. The number of hydrogen-bond donors (Lipinski definition) is 0. The molecule has 0 saturated carbocycles. The molecule has 0 aliphatic rings. The van der Waals surface area contributed by atoms with Gasteiger partial charge >= 0.3 is 6.18 Å². The maximum absolute atomic E-state index is 12.7. The summed E-state index contributed by atoms with van der Waals surface area (Å²) in [5, 5.41) is -0.297. The van der Waals surface area contributed by atoms with E-state index < -0.39 is 12.0 Å². The van der Waals surface area contributed by atoms with Gasteiger partial charge in [0.1, 0.15) is 16.7 Å². The van der Waals surface area contributed by atoms with E-state index in [2.05, 4.69) is 9.97 Å². The van der Waals surface area contributed by atoms with Crippen molar-refractivity contribution in [3.63, 3.8) is 0 Å². The van der Waals surface area contributed by atoms with Crippen LogP contribution in [0.25, 0.3) is 11.3 Å². The Morgan fingerprint density at radius 3 is 2.00 bits per heavy atom. The fourth-order valence-corrected chi connectivity index (χ4v) is 1.83. The third-order valence-electron chi connectivity index (χ3n) is 2.60. The molecule has 0 saturated heterocycles. The number of benzene rings is 1. The van der Waals surface area contributed by atoms with Gasteiger partial charge in [0.2, 0.25) is 5.82 Å². The van der Waals surface area contributed by atoms with Crippen LogP contribution in [0.4, 0.5) is 13.2 Å². The molecule has 1 heterocycles. The number of methoxy groups -OCH3 is 2. The number of rotatable bonds is 3. The highest BCUT2D eigenvalue weighted by molar-refractivity contribution is 6.29.